The minimum atomic E-state index is -4.00. The van der Waals surface area contributed by atoms with Crippen molar-refractivity contribution in [1.29, 1.82) is 0 Å². The van der Waals surface area contributed by atoms with Gasteiger partial charge in [0.1, 0.15) is 11.8 Å². The minimum absolute atomic E-state index is 0.00107. The number of aliphatic hydroxyl groups excluding tert-OH is 1. The first kappa shape index (κ1) is 20.4. The number of sulfonamides is 1. The van der Waals surface area contributed by atoms with Crippen molar-refractivity contribution in [2.45, 2.75) is 24.8 Å². The maximum atomic E-state index is 13.2. The molecule has 1 amide bonds. The molecular weight excluding hydrogens is 406 g/mol. The zero-order valence-corrected chi connectivity index (χ0v) is 16.9. The van der Waals surface area contributed by atoms with Crippen LogP contribution < -0.4 is 14.4 Å². The second-order valence-corrected chi connectivity index (χ2v) is 8.91. The third-order valence-corrected chi connectivity index (χ3v) is 6.14. The number of nitrogens with zero attached hydrogens (tertiary/aromatic N) is 2. The molecule has 0 aliphatic carbocycles. The number of pyridine rings is 1. The van der Waals surface area contributed by atoms with E-state index in [-0.39, 0.29) is 46.5 Å². The number of aromatic nitrogens is 1. The molecule has 8 nitrogen and oxygen atoms in total. The molecule has 1 unspecified atom stereocenters. The quantitative estimate of drug-likeness (QED) is 0.760. The highest BCUT2D eigenvalue weighted by molar-refractivity contribution is 7.92. The summed E-state index contributed by atoms with van der Waals surface area (Å²) in [7, 11) is -4.00. The maximum absolute atomic E-state index is 13.2. The van der Waals surface area contributed by atoms with Gasteiger partial charge in [-0.25, -0.2) is 13.4 Å². The number of rotatable bonds is 5. The van der Waals surface area contributed by atoms with Crippen LogP contribution in [-0.2, 0) is 14.8 Å². The van der Waals surface area contributed by atoms with Gasteiger partial charge in [0, 0.05) is 10.9 Å². The summed E-state index contributed by atoms with van der Waals surface area (Å²) < 4.78 is 33.1. The third kappa shape index (κ3) is 4.06. The van der Waals surface area contributed by atoms with Crippen LogP contribution in [0.2, 0.25) is 5.02 Å². The predicted octanol–water partition coefficient (Wildman–Crippen LogP) is 2.28. The van der Waals surface area contributed by atoms with E-state index in [2.05, 4.69) is 10.3 Å². The van der Waals surface area contributed by atoms with Crippen molar-refractivity contribution in [2.24, 2.45) is 5.92 Å². The van der Waals surface area contributed by atoms with Crippen LogP contribution in [0.15, 0.2) is 41.4 Å². The highest BCUT2D eigenvalue weighted by Crippen LogP contribution is 2.37. The molecule has 0 spiro atoms. The SMILES string of the molecule is CC(C)C(=O)Nc1cnc2c(c1)N(S(=O)(=O)c1cccc(Cl)c1)CC(CO)O2. The molecule has 0 bridgehead atoms. The van der Waals surface area contributed by atoms with Gasteiger partial charge >= 0.3 is 0 Å². The van der Waals surface area contributed by atoms with Crippen LogP contribution in [0.25, 0.3) is 0 Å². The van der Waals surface area contributed by atoms with Crippen molar-refractivity contribution in [2.75, 3.05) is 22.8 Å². The van der Waals surface area contributed by atoms with Crippen LogP contribution in [0.3, 0.4) is 0 Å². The fourth-order valence-corrected chi connectivity index (χ4v) is 4.41. The monoisotopic (exact) mass is 425 g/mol. The Kier molecular flexibility index (Phi) is 5.78. The number of halogens is 1. The fourth-order valence-electron chi connectivity index (χ4n) is 2.62. The molecule has 0 fully saturated rings. The van der Waals surface area contributed by atoms with E-state index >= 15 is 0 Å². The second kappa shape index (κ2) is 7.94. The molecule has 2 aromatic rings. The number of carbonyl (C=O) groups excluding carboxylic acids is 1. The number of ether oxygens (including phenoxy) is 1. The third-order valence-electron chi connectivity index (χ3n) is 4.13. The maximum Gasteiger partial charge on any atom is 0.264 e. The zero-order valence-electron chi connectivity index (χ0n) is 15.3. The Labute approximate surface area is 168 Å². The summed E-state index contributed by atoms with van der Waals surface area (Å²) in [5, 5.41) is 12.5. The molecular formula is C18H20ClN3O5S. The Balaban J connectivity index is 2.06. The molecule has 28 heavy (non-hydrogen) atoms. The van der Waals surface area contributed by atoms with E-state index in [1.807, 2.05) is 0 Å². The molecule has 0 saturated carbocycles. The van der Waals surface area contributed by atoms with Crippen LogP contribution in [0.5, 0.6) is 5.88 Å². The second-order valence-electron chi connectivity index (χ2n) is 6.61. The Morgan fingerprint density at radius 3 is 2.82 bits per heavy atom. The number of nitrogens with one attached hydrogen (secondary N) is 1. The highest BCUT2D eigenvalue weighted by atomic mass is 35.5. The molecule has 1 aliphatic rings. The van der Waals surface area contributed by atoms with Crippen LogP contribution in [-0.4, -0.2) is 43.7 Å². The Morgan fingerprint density at radius 1 is 1.43 bits per heavy atom. The molecule has 1 atom stereocenters. The Morgan fingerprint density at radius 2 is 2.18 bits per heavy atom. The van der Waals surface area contributed by atoms with Crippen molar-refractivity contribution in [3.8, 4) is 5.88 Å². The standard InChI is InChI=1S/C18H20ClN3O5S/c1-11(2)17(24)21-13-7-16-18(20-8-13)27-14(10-23)9-22(16)28(25,26)15-5-3-4-12(19)6-15/h3-8,11,14,23H,9-10H2,1-2H3,(H,21,24). The van der Waals surface area contributed by atoms with E-state index in [0.29, 0.717) is 5.69 Å². The first-order valence-corrected chi connectivity index (χ1v) is 10.4. The summed E-state index contributed by atoms with van der Waals surface area (Å²) in [6, 6.07) is 7.38. The first-order valence-electron chi connectivity index (χ1n) is 8.59. The van der Waals surface area contributed by atoms with Crippen molar-refractivity contribution in [3.05, 3.63) is 41.6 Å². The topological polar surface area (TPSA) is 109 Å². The van der Waals surface area contributed by atoms with Gasteiger partial charge in [-0.2, -0.15) is 0 Å². The van der Waals surface area contributed by atoms with Crippen molar-refractivity contribution in [1.82, 2.24) is 4.98 Å². The van der Waals surface area contributed by atoms with Crippen LogP contribution in [0.1, 0.15) is 13.8 Å². The van der Waals surface area contributed by atoms with Crippen LogP contribution in [0.4, 0.5) is 11.4 Å². The van der Waals surface area contributed by atoms with Crippen molar-refractivity contribution < 1.29 is 23.1 Å². The average molecular weight is 426 g/mol. The molecule has 0 saturated heterocycles. The van der Waals surface area contributed by atoms with Gasteiger partial charge in [0.2, 0.25) is 11.8 Å². The van der Waals surface area contributed by atoms with Crippen LogP contribution >= 0.6 is 11.6 Å². The summed E-state index contributed by atoms with van der Waals surface area (Å²) in [6.45, 7) is 2.99. The molecule has 1 aliphatic heterocycles. The van der Waals surface area contributed by atoms with E-state index in [9.17, 15) is 18.3 Å². The number of amides is 1. The number of hydrogen-bond acceptors (Lipinski definition) is 6. The van der Waals surface area contributed by atoms with Gasteiger partial charge in [-0.1, -0.05) is 31.5 Å². The molecule has 2 N–H and O–H groups in total. The van der Waals surface area contributed by atoms with Gasteiger partial charge in [0.25, 0.3) is 10.0 Å². The van der Waals surface area contributed by atoms with Gasteiger partial charge in [-0.05, 0) is 24.3 Å². The van der Waals surface area contributed by atoms with Gasteiger partial charge in [0.15, 0.2) is 0 Å². The lowest BCUT2D eigenvalue weighted by atomic mass is 10.2. The molecule has 150 valence electrons. The lowest BCUT2D eigenvalue weighted by molar-refractivity contribution is -0.118. The number of fused-ring (bicyclic) bond motifs is 1. The number of hydrogen-bond donors (Lipinski definition) is 2. The summed E-state index contributed by atoms with van der Waals surface area (Å²) in [5.41, 5.74) is 0.515. The molecule has 0 radical (unpaired) electrons. The predicted molar refractivity (Wildman–Crippen MR) is 105 cm³/mol. The average Bonchev–Trinajstić information content (AvgIpc) is 2.66. The molecule has 1 aromatic heterocycles. The number of anilines is 2. The minimum Gasteiger partial charge on any atom is -0.468 e. The van der Waals surface area contributed by atoms with Crippen molar-refractivity contribution in [3.63, 3.8) is 0 Å². The van der Waals surface area contributed by atoms with E-state index in [1.165, 1.54) is 30.5 Å². The lowest BCUT2D eigenvalue weighted by Crippen LogP contribution is -2.45. The van der Waals surface area contributed by atoms with Crippen molar-refractivity contribution >= 4 is 38.9 Å². The smallest absolute Gasteiger partial charge is 0.264 e. The Bertz CT molecular complexity index is 996. The van der Waals surface area contributed by atoms with E-state index in [0.717, 1.165) is 4.31 Å². The number of benzene rings is 1. The summed E-state index contributed by atoms with van der Waals surface area (Å²) >= 11 is 5.95. The molecule has 3 rings (SSSR count). The van der Waals surface area contributed by atoms with E-state index < -0.39 is 16.1 Å². The largest absolute Gasteiger partial charge is 0.468 e. The number of aliphatic hydroxyl groups is 1. The normalized spacial score (nSPS) is 16.5. The summed E-state index contributed by atoms with van der Waals surface area (Å²) in [5.74, 6) is -0.424. The van der Waals surface area contributed by atoms with Gasteiger partial charge in [0.05, 0.1) is 29.9 Å². The van der Waals surface area contributed by atoms with E-state index in [4.69, 9.17) is 16.3 Å². The van der Waals surface area contributed by atoms with E-state index in [1.54, 1.807) is 19.9 Å². The fraction of sp³-hybridized carbons (Fsp3) is 0.333. The highest BCUT2D eigenvalue weighted by Gasteiger charge is 2.35. The summed E-state index contributed by atoms with van der Waals surface area (Å²) in [4.78, 5) is 16.1. The lowest BCUT2D eigenvalue weighted by Gasteiger charge is -2.34. The van der Waals surface area contributed by atoms with Crippen LogP contribution in [0, 0.1) is 5.92 Å². The summed E-state index contributed by atoms with van der Waals surface area (Å²) in [6.07, 6.45) is 0.605. The van der Waals surface area contributed by atoms with Gasteiger partial charge in [-0.15, -0.1) is 0 Å². The Hall–Kier alpha value is -2.36. The zero-order chi connectivity index (χ0) is 20.5. The molecule has 10 heteroatoms. The molecule has 1 aromatic carbocycles. The van der Waals surface area contributed by atoms with Gasteiger partial charge in [-0.3, -0.25) is 9.10 Å². The molecule has 2 heterocycles. The van der Waals surface area contributed by atoms with Gasteiger partial charge < -0.3 is 15.2 Å². The first-order chi connectivity index (χ1) is 13.2. The number of carbonyl (C=O) groups is 1.